The predicted octanol–water partition coefficient (Wildman–Crippen LogP) is 2.78. The number of rotatable bonds is 5. The molecule has 0 N–H and O–H groups in total. The van der Waals surface area contributed by atoms with E-state index in [4.69, 9.17) is 0 Å². The third-order valence-corrected chi connectivity index (χ3v) is 4.87. The van der Waals surface area contributed by atoms with Gasteiger partial charge in [0.2, 0.25) is 0 Å². The lowest BCUT2D eigenvalue weighted by molar-refractivity contribution is -0.304. The number of carbonyl (C=O) groups is 1. The average Bonchev–Trinajstić information content (AvgIpc) is 2.99. The van der Waals surface area contributed by atoms with Crippen molar-refractivity contribution in [2.45, 2.75) is 31.2 Å². The van der Waals surface area contributed by atoms with E-state index in [1.807, 2.05) is 66.9 Å². The van der Waals surface area contributed by atoms with Crippen molar-refractivity contribution in [1.82, 2.24) is 14.8 Å². The van der Waals surface area contributed by atoms with E-state index in [0.717, 1.165) is 34.1 Å². The topological polar surface area (TPSA) is 70.8 Å². The van der Waals surface area contributed by atoms with E-state index in [9.17, 15) is 9.90 Å². The molecule has 128 valence electrons. The number of carboxylic acids is 1. The molecule has 0 fully saturated rings. The van der Waals surface area contributed by atoms with Gasteiger partial charge in [-0.1, -0.05) is 59.3 Å². The Labute approximate surface area is 150 Å². The molecule has 3 aromatic rings. The molecule has 1 aromatic heterocycles. The van der Waals surface area contributed by atoms with Crippen LogP contribution < -0.4 is 5.11 Å². The van der Waals surface area contributed by atoms with Crippen molar-refractivity contribution >= 4 is 17.7 Å². The number of benzene rings is 2. The van der Waals surface area contributed by atoms with Crippen LogP contribution in [0, 0.1) is 13.8 Å². The first-order valence-corrected chi connectivity index (χ1v) is 8.80. The van der Waals surface area contributed by atoms with Crippen molar-refractivity contribution in [2.24, 2.45) is 0 Å². The molecule has 0 aliphatic carbocycles. The van der Waals surface area contributed by atoms with E-state index in [1.165, 1.54) is 0 Å². The van der Waals surface area contributed by atoms with Crippen molar-refractivity contribution in [3.8, 4) is 17.1 Å². The second-order valence-corrected chi connectivity index (χ2v) is 7.23. The summed E-state index contributed by atoms with van der Waals surface area (Å²) in [6.45, 7) is 5.63. The van der Waals surface area contributed by atoms with E-state index in [-0.39, 0.29) is 0 Å². The molecule has 0 saturated heterocycles. The van der Waals surface area contributed by atoms with E-state index >= 15 is 0 Å². The van der Waals surface area contributed by atoms with Gasteiger partial charge >= 0.3 is 0 Å². The number of nitrogens with zero attached hydrogens (tertiary/aromatic N) is 3. The molecule has 5 nitrogen and oxygen atoms in total. The van der Waals surface area contributed by atoms with Crippen LogP contribution in [0.25, 0.3) is 17.1 Å². The van der Waals surface area contributed by atoms with Gasteiger partial charge in [-0.3, -0.25) is 4.57 Å². The summed E-state index contributed by atoms with van der Waals surface area (Å²) >= 11 is 1.12. The Balaban J connectivity index is 2.12. The van der Waals surface area contributed by atoms with Crippen LogP contribution in [0.4, 0.5) is 0 Å². The fraction of sp³-hybridized carbons (Fsp3) is 0.211. The number of hydrogen-bond donors (Lipinski definition) is 0. The minimum atomic E-state index is -1.12. The summed E-state index contributed by atoms with van der Waals surface area (Å²) in [6.07, 6.45) is 0. The highest BCUT2D eigenvalue weighted by atomic mass is 32.2. The van der Waals surface area contributed by atoms with Gasteiger partial charge in [0.1, 0.15) is 0 Å². The third kappa shape index (κ3) is 3.74. The highest BCUT2D eigenvalue weighted by molar-refractivity contribution is 8.00. The Hall–Kier alpha value is -2.60. The first kappa shape index (κ1) is 17.2. The SMILES string of the molecule is Cc1ccc(-c2nnc(S[C@H](C)C(=O)[O-])n2-c2ccc(C)cc2)cc1. The summed E-state index contributed by atoms with van der Waals surface area (Å²) in [4.78, 5) is 11.1. The largest absolute Gasteiger partial charge is 0.549 e. The summed E-state index contributed by atoms with van der Waals surface area (Å²) in [7, 11) is 0. The lowest BCUT2D eigenvalue weighted by atomic mass is 10.1. The Morgan fingerprint density at radius 3 is 2.12 bits per heavy atom. The maximum Gasteiger partial charge on any atom is 0.196 e. The van der Waals surface area contributed by atoms with Gasteiger partial charge in [-0.15, -0.1) is 10.2 Å². The Kier molecular flexibility index (Phi) is 4.90. The molecule has 0 bridgehead atoms. The van der Waals surface area contributed by atoms with Gasteiger partial charge in [-0.05, 0) is 32.9 Å². The Morgan fingerprint density at radius 1 is 1.00 bits per heavy atom. The highest BCUT2D eigenvalue weighted by Crippen LogP contribution is 2.30. The molecular weight excluding hydrogens is 334 g/mol. The number of carbonyl (C=O) groups excluding carboxylic acids is 1. The van der Waals surface area contributed by atoms with Crippen LogP contribution in [0.15, 0.2) is 53.7 Å². The number of aliphatic carboxylic acids is 1. The smallest absolute Gasteiger partial charge is 0.196 e. The van der Waals surface area contributed by atoms with Crippen molar-refractivity contribution in [3.63, 3.8) is 0 Å². The van der Waals surface area contributed by atoms with E-state index in [1.54, 1.807) is 6.92 Å². The predicted molar refractivity (Wildman–Crippen MR) is 96.6 cm³/mol. The summed E-state index contributed by atoms with van der Waals surface area (Å²) in [5, 5.41) is 19.4. The van der Waals surface area contributed by atoms with Crippen LogP contribution in [0.5, 0.6) is 0 Å². The van der Waals surface area contributed by atoms with Gasteiger partial charge < -0.3 is 9.90 Å². The Bertz CT molecular complexity index is 886. The van der Waals surface area contributed by atoms with E-state index < -0.39 is 11.2 Å². The normalized spacial score (nSPS) is 12.1. The first-order valence-electron chi connectivity index (χ1n) is 7.92. The summed E-state index contributed by atoms with van der Waals surface area (Å²) < 4.78 is 1.88. The number of aromatic nitrogens is 3. The average molecular weight is 352 g/mol. The molecule has 6 heteroatoms. The molecule has 25 heavy (non-hydrogen) atoms. The van der Waals surface area contributed by atoms with Crippen molar-refractivity contribution in [1.29, 1.82) is 0 Å². The van der Waals surface area contributed by atoms with E-state index in [0.29, 0.717) is 11.0 Å². The zero-order chi connectivity index (χ0) is 18.0. The molecule has 1 atom stereocenters. The molecule has 0 aliphatic rings. The van der Waals surface area contributed by atoms with E-state index in [2.05, 4.69) is 10.2 Å². The summed E-state index contributed by atoms with van der Waals surface area (Å²) in [5.74, 6) is -0.447. The van der Waals surface area contributed by atoms with Gasteiger partial charge in [0.25, 0.3) is 0 Å². The molecule has 3 rings (SSSR count). The molecular formula is C19H18N3O2S-. The van der Waals surface area contributed by atoms with Crippen LogP contribution in [0.1, 0.15) is 18.1 Å². The van der Waals surface area contributed by atoms with Crippen molar-refractivity contribution < 1.29 is 9.90 Å². The van der Waals surface area contributed by atoms with Gasteiger partial charge in [0.15, 0.2) is 11.0 Å². The molecule has 0 spiro atoms. The molecule has 0 saturated carbocycles. The van der Waals surface area contributed by atoms with Gasteiger partial charge in [0.05, 0.1) is 5.97 Å². The highest BCUT2D eigenvalue weighted by Gasteiger charge is 2.18. The van der Waals surface area contributed by atoms with Crippen LogP contribution >= 0.6 is 11.8 Å². The maximum absolute atomic E-state index is 11.1. The van der Waals surface area contributed by atoms with Crippen molar-refractivity contribution in [3.05, 3.63) is 59.7 Å². The summed E-state index contributed by atoms with van der Waals surface area (Å²) in [6, 6.07) is 16.0. The molecule has 1 heterocycles. The second-order valence-electron chi connectivity index (χ2n) is 5.92. The molecule has 2 aromatic carbocycles. The van der Waals surface area contributed by atoms with Crippen LogP contribution in [0.2, 0.25) is 0 Å². The minimum Gasteiger partial charge on any atom is -0.549 e. The maximum atomic E-state index is 11.1. The minimum absolute atomic E-state index is 0.524. The standard InChI is InChI=1S/C19H19N3O2S/c1-12-4-8-15(9-5-12)17-20-21-19(25-14(3)18(23)24)22(17)16-10-6-13(2)7-11-16/h4-11,14H,1-3H3,(H,23,24)/p-1/t14-/m1/s1. The summed E-state index contributed by atoms with van der Waals surface area (Å²) in [5.41, 5.74) is 4.11. The third-order valence-electron chi connectivity index (χ3n) is 3.85. The molecule has 0 amide bonds. The van der Waals surface area contributed by atoms with Crippen LogP contribution in [-0.2, 0) is 4.79 Å². The van der Waals surface area contributed by atoms with Crippen LogP contribution in [-0.4, -0.2) is 26.0 Å². The zero-order valence-electron chi connectivity index (χ0n) is 14.3. The monoisotopic (exact) mass is 352 g/mol. The Morgan fingerprint density at radius 2 is 1.56 bits per heavy atom. The number of thioether (sulfide) groups is 1. The fourth-order valence-corrected chi connectivity index (χ4v) is 3.17. The lowest BCUT2D eigenvalue weighted by Gasteiger charge is -2.14. The number of hydrogen-bond acceptors (Lipinski definition) is 5. The lowest BCUT2D eigenvalue weighted by Crippen LogP contribution is -2.31. The molecule has 0 unspecified atom stereocenters. The molecule has 0 radical (unpaired) electrons. The van der Waals surface area contributed by atoms with Gasteiger partial charge in [0, 0.05) is 16.5 Å². The second kappa shape index (κ2) is 7.11. The number of carboxylic acid groups (broad SMARTS) is 1. The zero-order valence-corrected chi connectivity index (χ0v) is 15.1. The van der Waals surface area contributed by atoms with Gasteiger partial charge in [-0.2, -0.15) is 0 Å². The van der Waals surface area contributed by atoms with Crippen LogP contribution in [0.3, 0.4) is 0 Å². The first-order chi connectivity index (χ1) is 12.0. The number of aryl methyl sites for hydroxylation is 2. The fourth-order valence-electron chi connectivity index (χ4n) is 2.37. The quantitative estimate of drug-likeness (QED) is 0.660. The molecule has 0 aliphatic heterocycles. The van der Waals surface area contributed by atoms with Gasteiger partial charge in [-0.25, -0.2) is 0 Å². The van der Waals surface area contributed by atoms with Crippen molar-refractivity contribution in [2.75, 3.05) is 0 Å².